The molecule has 2 N–H and O–H groups in total. The molecule has 0 bridgehead atoms. The third-order valence-corrected chi connectivity index (χ3v) is 0.836. The van der Waals surface area contributed by atoms with Crippen molar-refractivity contribution in [3.05, 3.63) is 0 Å². The van der Waals surface area contributed by atoms with Gasteiger partial charge in [0.05, 0.1) is 6.42 Å². The molecular formula is C4H5N3O. The van der Waals surface area contributed by atoms with Crippen LogP contribution in [-0.4, -0.2) is 11.9 Å². The van der Waals surface area contributed by atoms with Crippen LogP contribution >= 0.6 is 0 Å². The molecule has 0 aliphatic carbocycles. The number of amidine groups is 1. The van der Waals surface area contributed by atoms with E-state index in [1.54, 1.807) is 0 Å². The summed E-state index contributed by atoms with van der Waals surface area (Å²) >= 11 is 0. The second-order valence-electron chi connectivity index (χ2n) is 1.51. The Morgan fingerprint density at radius 2 is 2.75 bits per heavy atom. The highest BCUT2D eigenvalue weighted by Gasteiger charge is 2.16. The summed E-state index contributed by atoms with van der Waals surface area (Å²) in [6, 6.07) is 1.88. The lowest BCUT2D eigenvalue weighted by Crippen LogP contribution is -2.11. The molecule has 8 heavy (non-hydrogen) atoms. The zero-order chi connectivity index (χ0) is 5.98. The van der Waals surface area contributed by atoms with Crippen molar-refractivity contribution in [3.8, 4) is 6.07 Å². The zero-order valence-electron chi connectivity index (χ0n) is 4.16. The second-order valence-corrected chi connectivity index (χ2v) is 1.51. The Morgan fingerprint density at radius 3 is 3.00 bits per heavy atom. The fourth-order valence-corrected chi connectivity index (χ4v) is 0.465. The lowest BCUT2D eigenvalue weighted by atomic mass is 10.3. The number of rotatable bonds is 0. The van der Waals surface area contributed by atoms with E-state index >= 15 is 0 Å². The Labute approximate surface area is 46.5 Å². The standard InChI is InChI=1S/C4H5N3O/c5-2-3-1-4(6)7-8-3/h3H,1H2,(H2,6,7). The van der Waals surface area contributed by atoms with Gasteiger partial charge in [0.25, 0.3) is 0 Å². The van der Waals surface area contributed by atoms with Gasteiger partial charge in [0.15, 0.2) is 0 Å². The van der Waals surface area contributed by atoms with Crippen molar-refractivity contribution >= 4 is 5.84 Å². The summed E-state index contributed by atoms with van der Waals surface area (Å²) in [4.78, 5) is 4.52. The predicted octanol–water partition coefficient (Wildman–Crippen LogP) is -0.429. The molecule has 0 spiro atoms. The van der Waals surface area contributed by atoms with Crippen molar-refractivity contribution < 1.29 is 4.84 Å². The first-order valence-electron chi connectivity index (χ1n) is 2.20. The first-order valence-corrected chi connectivity index (χ1v) is 2.20. The van der Waals surface area contributed by atoms with E-state index in [1.807, 2.05) is 6.07 Å². The van der Waals surface area contributed by atoms with Gasteiger partial charge in [-0.25, -0.2) is 0 Å². The highest BCUT2D eigenvalue weighted by molar-refractivity contribution is 5.81. The minimum absolute atomic E-state index is 0.400. The minimum atomic E-state index is -0.449. The van der Waals surface area contributed by atoms with E-state index in [0.29, 0.717) is 12.3 Å². The number of oxime groups is 1. The number of hydrogen-bond acceptors (Lipinski definition) is 4. The fraction of sp³-hybridized carbons (Fsp3) is 0.500. The minimum Gasteiger partial charge on any atom is -0.384 e. The summed E-state index contributed by atoms with van der Waals surface area (Å²) in [6.45, 7) is 0. The third-order valence-electron chi connectivity index (χ3n) is 0.836. The van der Waals surface area contributed by atoms with Gasteiger partial charge in [-0.05, 0) is 0 Å². The molecular weight excluding hydrogens is 106 g/mol. The Morgan fingerprint density at radius 1 is 2.00 bits per heavy atom. The lowest BCUT2D eigenvalue weighted by Gasteiger charge is -1.90. The summed E-state index contributed by atoms with van der Waals surface area (Å²) in [5, 5.41) is 11.5. The Bertz CT molecular complexity index is 157. The highest BCUT2D eigenvalue weighted by Crippen LogP contribution is 2.04. The number of nitriles is 1. The zero-order valence-corrected chi connectivity index (χ0v) is 4.16. The Hall–Kier alpha value is -1.24. The molecule has 0 aromatic heterocycles. The van der Waals surface area contributed by atoms with Crippen LogP contribution in [0.2, 0.25) is 0 Å². The van der Waals surface area contributed by atoms with Gasteiger partial charge in [-0.1, -0.05) is 5.16 Å². The van der Waals surface area contributed by atoms with Crippen LogP contribution in [0.5, 0.6) is 0 Å². The smallest absolute Gasteiger partial charge is 0.219 e. The van der Waals surface area contributed by atoms with E-state index in [9.17, 15) is 0 Å². The van der Waals surface area contributed by atoms with Gasteiger partial charge in [0.2, 0.25) is 6.10 Å². The van der Waals surface area contributed by atoms with Crippen molar-refractivity contribution in [2.45, 2.75) is 12.5 Å². The molecule has 0 aromatic rings. The molecule has 4 heteroatoms. The quantitative estimate of drug-likeness (QED) is 0.461. The van der Waals surface area contributed by atoms with Crippen molar-refractivity contribution in [3.63, 3.8) is 0 Å². The van der Waals surface area contributed by atoms with Crippen LogP contribution in [0.1, 0.15) is 6.42 Å². The van der Waals surface area contributed by atoms with Gasteiger partial charge in [0.1, 0.15) is 11.9 Å². The topological polar surface area (TPSA) is 71.4 Å². The summed E-state index contributed by atoms with van der Waals surface area (Å²) in [5.41, 5.74) is 5.17. The van der Waals surface area contributed by atoms with Crippen LogP contribution in [0.25, 0.3) is 0 Å². The summed E-state index contributed by atoms with van der Waals surface area (Å²) in [7, 11) is 0. The Kier molecular flexibility index (Phi) is 1.04. The first-order chi connectivity index (χ1) is 3.83. The third kappa shape index (κ3) is 0.706. The molecule has 0 radical (unpaired) electrons. The predicted molar refractivity (Wildman–Crippen MR) is 26.7 cm³/mol. The number of nitrogens with two attached hydrogens (primary N) is 1. The maximum Gasteiger partial charge on any atom is 0.219 e. The van der Waals surface area contributed by atoms with Crippen LogP contribution in [-0.2, 0) is 4.84 Å². The van der Waals surface area contributed by atoms with E-state index in [2.05, 4.69) is 9.99 Å². The fourth-order valence-electron chi connectivity index (χ4n) is 0.465. The van der Waals surface area contributed by atoms with Gasteiger partial charge in [-0.2, -0.15) is 5.26 Å². The van der Waals surface area contributed by atoms with E-state index in [0.717, 1.165) is 0 Å². The number of nitrogens with zero attached hydrogens (tertiary/aromatic N) is 2. The molecule has 4 nitrogen and oxygen atoms in total. The van der Waals surface area contributed by atoms with Crippen molar-refractivity contribution in [1.82, 2.24) is 0 Å². The molecule has 1 aliphatic rings. The van der Waals surface area contributed by atoms with Gasteiger partial charge < -0.3 is 10.6 Å². The van der Waals surface area contributed by atoms with Gasteiger partial charge in [-0.15, -0.1) is 0 Å². The van der Waals surface area contributed by atoms with E-state index in [-0.39, 0.29) is 0 Å². The summed E-state index contributed by atoms with van der Waals surface area (Å²) in [5.74, 6) is 0.400. The maximum atomic E-state index is 8.18. The second kappa shape index (κ2) is 1.70. The lowest BCUT2D eigenvalue weighted by molar-refractivity contribution is 0.125. The molecule has 0 fully saturated rings. The summed E-state index contributed by atoms with van der Waals surface area (Å²) in [6.07, 6.45) is -0.00810. The SMILES string of the molecule is N#CC1CC(N)=NO1. The van der Waals surface area contributed by atoms with Gasteiger partial charge in [0, 0.05) is 0 Å². The van der Waals surface area contributed by atoms with E-state index in [1.165, 1.54) is 0 Å². The van der Waals surface area contributed by atoms with Crippen molar-refractivity contribution in [2.24, 2.45) is 10.9 Å². The molecule has 1 rings (SSSR count). The molecule has 0 aromatic carbocycles. The summed E-state index contributed by atoms with van der Waals surface area (Å²) < 4.78 is 0. The van der Waals surface area contributed by atoms with Gasteiger partial charge in [-0.3, -0.25) is 0 Å². The Balaban J connectivity index is 2.47. The normalized spacial score (nSPS) is 25.9. The highest BCUT2D eigenvalue weighted by atomic mass is 16.6. The molecule has 1 heterocycles. The molecule has 0 amide bonds. The molecule has 42 valence electrons. The van der Waals surface area contributed by atoms with Crippen LogP contribution in [0.15, 0.2) is 5.16 Å². The van der Waals surface area contributed by atoms with Crippen LogP contribution in [0, 0.1) is 11.3 Å². The molecule has 0 saturated heterocycles. The van der Waals surface area contributed by atoms with Gasteiger partial charge >= 0.3 is 0 Å². The average Bonchev–Trinajstić information content (AvgIpc) is 2.14. The monoisotopic (exact) mass is 111 g/mol. The van der Waals surface area contributed by atoms with E-state index in [4.69, 9.17) is 11.0 Å². The van der Waals surface area contributed by atoms with Crippen LogP contribution in [0.4, 0.5) is 0 Å². The molecule has 0 saturated carbocycles. The van der Waals surface area contributed by atoms with Crippen molar-refractivity contribution in [1.29, 1.82) is 5.26 Å². The van der Waals surface area contributed by atoms with Crippen LogP contribution in [0.3, 0.4) is 0 Å². The molecule has 1 atom stereocenters. The largest absolute Gasteiger partial charge is 0.384 e. The molecule has 1 aliphatic heterocycles. The van der Waals surface area contributed by atoms with Crippen LogP contribution < -0.4 is 5.73 Å². The van der Waals surface area contributed by atoms with E-state index < -0.39 is 6.10 Å². The first kappa shape index (κ1) is 4.91. The van der Waals surface area contributed by atoms with Crippen molar-refractivity contribution in [2.75, 3.05) is 0 Å². The molecule has 1 unspecified atom stereocenters. The maximum absolute atomic E-state index is 8.18. The number of hydrogen-bond donors (Lipinski definition) is 1. The average molecular weight is 111 g/mol.